The smallest absolute Gasteiger partial charge is 0.225 e. The summed E-state index contributed by atoms with van der Waals surface area (Å²) in [6, 6.07) is 8.55. The van der Waals surface area contributed by atoms with Gasteiger partial charge < -0.3 is 25.4 Å². The first-order valence-corrected chi connectivity index (χ1v) is 20.7. The number of nitrogens with zero attached hydrogens (tertiary/aromatic N) is 3. The molecule has 1 aromatic carbocycles. The van der Waals surface area contributed by atoms with E-state index in [1.807, 2.05) is 103 Å². The second-order valence-corrected chi connectivity index (χ2v) is 17.1. The minimum Gasteiger partial charge on any atom is -0.396 e. The molecular formula is C42H67N5O6S. The van der Waals surface area contributed by atoms with Crippen LogP contribution in [0.4, 0.5) is 0 Å². The minimum absolute atomic E-state index is 0.00893. The fourth-order valence-corrected chi connectivity index (χ4v) is 8.80. The molecule has 0 aliphatic carbocycles. The van der Waals surface area contributed by atoms with E-state index in [-0.39, 0.29) is 78.8 Å². The molecule has 11 nitrogen and oxygen atoms in total. The Morgan fingerprint density at radius 2 is 1.69 bits per heavy atom. The molecule has 0 spiro atoms. The van der Waals surface area contributed by atoms with Crippen LogP contribution in [-0.2, 0) is 30.3 Å². The molecule has 2 heterocycles. The Balaban J connectivity index is 1.75. The maximum Gasteiger partial charge on any atom is 0.225 e. The zero-order valence-electron chi connectivity index (χ0n) is 34.3. The number of likely N-dealkylation sites (N-methyl/N-ethyl adjacent to an activating group) is 1. The van der Waals surface area contributed by atoms with Gasteiger partial charge in [-0.25, -0.2) is 4.98 Å². The van der Waals surface area contributed by atoms with Gasteiger partial charge >= 0.3 is 0 Å². The topological polar surface area (TPSA) is 141 Å². The molecule has 9 atom stereocenters. The van der Waals surface area contributed by atoms with Gasteiger partial charge in [-0.05, 0) is 56.7 Å². The molecule has 3 N–H and O–H groups in total. The van der Waals surface area contributed by atoms with Crippen LogP contribution in [0.15, 0.2) is 41.9 Å². The van der Waals surface area contributed by atoms with Gasteiger partial charge in [0.2, 0.25) is 17.7 Å². The molecule has 2 aromatic rings. The first-order chi connectivity index (χ1) is 25.6. The van der Waals surface area contributed by atoms with Crippen molar-refractivity contribution in [3.63, 3.8) is 0 Å². The number of aliphatic hydroxyl groups is 1. The summed E-state index contributed by atoms with van der Waals surface area (Å²) < 4.78 is 5.97. The van der Waals surface area contributed by atoms with Gasteiger partial charge in [0.25, 0.3) is 0 Å². The van der Waals surface area contributed by atoms with Gasteiger partial charge in [0.1, 0.15) is 5.01 Å². The number of likely N-dealkylation sites (tertiary alicyclic amines) is 1. The lowest BCUT2D eigenvalue weighted by Gasteiger charge is -2.37. The zero-order valence-corrected chi connectivity index (χ0v) is 35.1. The second kappa shape index (κ2) is 21.8. The molecule has 1 saturated heterocycles. The first kappa shape index (κ1) is 45.2. The third-order valence-electron chi connectivity index (χ3n) is 11.5. The molecule has 3 unspecified atom stereocenters. The van der Waals surface area contributed by atoms with E-state index in [9.17, 15) is 24.3 Å². The Hall–Kier alpha value is -3.19. The number of hydrogen-bond donors (Lipinski definition) is 3. The maximum absolute atomic E-state index is 14.2. The summed E-state index contributed by atoms with van der Waals surface area (Å²) in [6.45, 7) is 14.1. The average Bonchev–Trinajstić information content (AvgIpc) is 3.85. The number of nitrogens with one attached hydrogen (secondary N) is 2. The molecule has 0 saturated carbocycles. The summed E-state index contributed by atoms with van der Waals surface area (Å²) in [6.07, 6.45) is 4.05. The molecule has 3 amide bonds. The van der Waals surface area contributed by atoms with Crippen molar-refractivity contribution in [2.45, 2.75) is 117 Å². The number of ketones is 1. The number of thiazole rings is 1. The third-order valence-corrected chi connectivity index (χ3v) is 12.3. The predicted molar refractivity (Wildman–Crippen MR) is 215 cm³/mol. The lowest BCUT2D eigenvalue weighted by Crippen LogP contribution is -2.53. The Morgan fingerprint density at radius 1 is 1.00 bits per heavy atom. The van der Waals surface area contributed by atoms with Crippen molar-refractivity contribution in [1.29, 1.82) is 0 Å². The van der Waals surface area contributed by atoms with Gasteiger partial charge in [0.05, 0.1) is 30.7 Å². The summed E-state index contributed by atoms with van der Waals surface area (Å²) in [5.74, 6) is -2.04. The number of aromatic nitrogens is 1. The molecule has 1 fully saturated rings. The van der Waals surface area contributed by atoms with E-state index < -0.39 is 29.9 Å². The van der Waals surface area contributed by atoms with Crippen molar-refractivity contribution in [3.05, 3.63) is 52.5 Å². The van der Waals surface area contributed by atoms with Crippen LogP contribution in [-0.4, -0.2) is 102 Å². The molecule has 54 heavy (non-hydrogen) atoms. The quantitative estimate of drug-likeness (QED) is 0.142. The number of rotatable bonds is 22. The largest absolute Gasteiger partial charge is 0.396 e. The molecular weight excluding hydrogens is 703 g/mol. The first-order valence-electron chi connectivity index (χ1n) is 19.8. The highest BCUT2D eigenvalue weighted by Gasteiger charge is 2.42. The van der Waals surface area contributed by atoms with Crippen molar-refractivity contribution >= 4 is 34.8 Å². The zero-order chi connectivity index (χ0) is 40.1. The van der Waals surface area contributed by atoms with E-state index in [0.29, 0.717) is 19.4 Å². The molecule has 1 aliphatic heterocycles. The Bertz CT molecular complexity index is 1450. The average molecular weight is 770 g/mol. The van der Waals surface area contributed by atoms with Crippen LogP contribution in [0.5, 0.6) is 0 Å². The highest BCUT2D eigenvalue weighted by molar-refractivity contribution is 7.09. The van der Waals surface area contributed by atoms with Gasteiger partial charge in [-0.1, -0.05) is 85.2 Å². The fraction of sp³-hybridized carbons (Fsp3) is 0.690. The van der Waals surface area contributed by atoms with E-state index >= 15 is 0 Å². The number of carbonyl (C=O) groups is 4. The Morgan fingerprint density at radius 3 is 2.22 bits per heavy atom. The number of Topliss-reactive ketones (excluding diaryl/α,β-unsaturated/α-hetero) is 1. The van der Waals surface area contributed by atoms with Crippen molar-refractivity contribution in [3.8, 4) is 0 Å². The summed E-state index contributed by atoms with van der Waals surface area (Å²) in [5, 5.41) is 19.8. The molecule has 1 aromatic heterocycles. The van der Waals surface area contributed by atoms with E-state index in [4.69, 9.17) is 4.74 Å². The van der Waals surface area contributed by atoms with Gasteiger partial charge in [0.15, 0.2) is 5.78 Å². The van der Waals surface area contributed by atoms with Crippen LogP contribution in [0, 0.1) is 35.5 Å². The van der Waals surface area contributed by atoms with Crippen LogP contribution in [0.1, 0.15) is 97.2 Å². The molecule has 1 aliphatic rings. The number of hydrogen-bond acceptors (Lipinski definition) is 9. The van der Waals surface area contributed by atoms with Crippen molar-refractivity contribution in [1.82, 2.24) is 25.4 Å². The second-order valence-electron chi connectivity index (χ2n) is 16.1. The molecule has 3 rings (SSSR count). The minimum atomic E-state index is -0.614. The number of benzene rings is 1. The van der Waals surface area contributed by atoms with E-state index in [0.717, 1.165) is 23.4 Å². The highest BCUT2D eigenvalue weighted by atomic mass is 32.1. The van der Waals surface area contributed by atoms with E-state index in [2.05, 4.69) is 15.6 Å². The lowest BCUT2D eigenvalue weighted by molar-refractivity contribution is -0.140. The summed E-state index contributed by atoms with van der Waals surface area (Å²) in [5.41, 5.74) is 1.08. The van der Waals surface area contributed by atoms with Gasteiger partial charge in [0, 0.05) is 62.1 Å². The Labute approximate surface area is 328 Å². The monoisotopic (exact) mass is 769 g/mol. The molecule has 0 radical (unpaired) electrons. The lowest BCUT2D eigenvalue weighted by atomic mass is 9.84. The van der Waals surface area contributed by atoms with Crippen LogP contribution >= 0.6 is 11.3 Å². The van der Waals surface area contributed by atoms with Crippen molar-refractivity contribution in [2.75, 3.05) is 34.4 Å². The SMILES string of the molecule is CC[C@H](C)C(NC(=O)C(CC(=O)C(C(C)C)N(C)C)C(C)C)[C@@H](CC(=O)N1CCC[C@H]1[C@H](CO)[C@H](C)C(=O)N[C@@H](Cc1ccccc1)c1nccs1)OC. The van der Waals surface area contributed by atoms with Crippen LogP contribution < -0.4 is 10.6 Å². The predicted octanol–water partition coefficient (Wildman–Crippen LogP) is 5.53. The van der Waals surface area contributed by atoms with Crippen LogP contribution in [0.2, 0.25) is 0 Å². The van der Waals surface area contributed by atoms with Crippen LogP contribution in [0.3, 0.4) is 0 Å². The Kier molecular flexibility index (Phi) is 18.2. The summed E-state index contributed by atoms with van der Waals surface area (Å²) in [4.78, 5) is 63.6. The number of aliphatic hydroxyl groups excluding tert-OH is 1. The molecule has 12 heteroatoms. The van der Waals surface area contributed by atoms with Crippen LogP contribution in [0.25, 0.3) is 0 Å². The normalized spacial score (nSPS) is 19.2. The summed E-state index contributed by atoms with van der Waals surface area (Å²) >= 11 is 1.49. The maximum atomic E-state index is 14.2. The van der Waals surface area contributed by atoms with Crippen molar-refractivity contribution < 1.29 is 29.0 Å². The van der Waals surface area contributed by atoms with Gasteiger partial charge in [-0.15, -0.1) is 11.3 Å². The van der Waals surface area contributed by atoms with Gasteiger partial charge in [-0.3, -0.25) is 24.1 Å². The van der Waals surface area contributed by atoms with Crippen molar-refractivity contribution in [2.24, 2.45) is 35.5 Å². The number of amides is 3. The third kappa shape index (κ3) is 12.2. The standard InChI is InChI=1S/C42H67N5O6S/c1-11-28(6)38(45-41(52)31(26(2)3)23-35(49)39(27(4)5)46(8)9)36(53-10)24-37(50)47-20-15-18-34(47)32(25-48)29(7)40(51)44-33(42-43-19-21-54-42)22-30-16-13-12-14-17-30/h12-14,16-17,19,21,26-29,31-34,36,38-39,48H,11,15,18,20,22-25H2,1-10H3,(H,44,51)(H,45,52)/t28-,29-,31?,32+,33-,34-,36+,38?,39?/m0/s1. The highest BCUT2D eigenvalue weighted by Crippen LogP contribution is 2.32. The fourth-order valence-electron chi connectivity index (χ4n) is 8.11. The van der Waals surface area contributed by atoms with E-state index in [1.165, 1.54) is 11.3 Å². The van der Waals surface area contributed by atoms with Gasteiger partial charge in [-0.2, -0.15) is 0 Å². The van der Waals surface area contributed by atoms with E-state index in [1.54, 1.807) is 18.2 Å². The molecule has 302 valence electrons. The number of ether oxygens (including phenoxy) is 1. The number of methoxy groups -OCH3 is 1. The summed E-state index contributed by atoms with van der Waals surface area (Å²) in [7, 11) is 5.34. The molecule has 0 bridgehead atoms. The number of carbonyl (C=O) groups excluding carboxylic acids is 4.